The van der Waals surface area contributed by atoms with Crippen LogP contribution in [-0.4, -0.2) is 36.6 Å². The SMILES string of the molecule is COc1ccc(OCC(=O)NNC(=O)[C@H]2CCCC[C@@H]2C(=O)O)cc1. The molecule has 3 N–H and O–H groups in total. The van der Waals surface area contributed by atoms with E-state index in [0.29, 0.717) is 24.3 Å². The first-order chi connectivity index (χ1) is 12.0. The van der Waals surface area contributed by atoms with Gasteiger partial charge >= 0.3 is 5.97 Å². The molecule has 25 heavy (non-hydrogen) atoms. The van der Waals surface area contributed by atoms with Crippen molar-refractivity contribution < 1.29 is 29.0 Å². The fraction of sp³-hybridized carbons (Fsp3) is 0.471. The highest BCUT2D eigenvalue weighted by atomic mass is 16.5. The number of carbonyl (C=O) groups excluding carboxylic acids is 2. The molecule has 2 amide bonds. The predicted molar refractivity (Wildman–Crippen MR) is 87.9 cm³/mol. The third kappa shape index (κ3) is 5.37. The van der Waals surface area contributed by atoms with Crippen LogP contribution in [0.3, 0.4) is 0 Å². The molecule has 1 saturated carbocycles. The maximum atomic E-state index is 12.1. The van der Waals surface area contributed by atoms with Crippen molar-refractivity contribution in [1.82, 2.24) is 10.9 Å². The largest absolute Gasteiger partial charge is 0.497 e. The number of carboxylic acids is 1. The molecule has 0 bridgehead atoms. The van der Waals surface area contributed by atoms with Crippen LogP contribution in [0.1, 0.15) is 25.7 Å². The Morgan fingerprint density at radius 2 is 1.64 bits per heavy atom. The number of hydrogen-bond donors (Lipinski definition) is 3. The number of nitrogens with one attached hydrogen (secondary N) is 2. The normalized spacial score (nSPS) is 19.6. The summed E-state index contributed by atoms with van der Waals surface area (Å²) in [6.45, 7) is -0.278. The summed E-state index contributed by atoms with van der Waals surface area (Å²) in [4.78, 5) is 35.1. The highest BCUT2D eigenvalue weighted by Crippen LogP contribution is 2.30. The predicted octanol–water partition coefficient (Wildman–Crippen LogP) is 1.11. The molecular weight excluding hydrogens is 328 g/mol. The van der Waals surface area contributed by atoms with Gasteiger partial charge in [-0.05, 0) is 37.1 Å². The molecule has 2 rings (SSSR count). The topological polar surface area (TPSA) is 114 Å². The van der Waals surface area contributed by atoms with Gasteiger partial charge in [0.15, 0.2) is 6.61 Å². The Hall–Kier alpha value is -2.77. The summed E-state index contributed by atoms with van der Waals surface area (Å²) >= 11 is 0. The molecule has 1 aliphatic carbocycles. The lowest BCUT2D eigenvalue weighted by molar-refractivity contribution is -0.149. The second kappa shape index (κ2) is 8.91. The number of amides is 2. The third-order valence-corrected chi connectivity index (χ3v) is 4.17. The minimum atomic E-state index is -0.978. The molecule has 1 aliphatic rings. The zero-order valence-electron chi connectivity index (χ0n) is 14.0. The average Bonchev–Trinajstić information content (AvgIpc) is 2.64. The molecule has 0 unspecified atom stereocenters. The van der Waals surface area contributed by atoms with Crippen LogP contribution in [0.25, 0.3) is 0 Å². The molecule has 0 aromatic heterocycles. The van der Waals surface area contributed by atoms with Crippen molar-refractivity contribution in [3.8, 4) is 11.5 Å². The fourth-order valence-electron chi connectivity index (χ4n) is 2.82. The lowest BCUT2D eigenvalue weighted by Crippen LogP contribution is -2.49. The van der Waals surface area contributed by atoms with Crippen LogP contribution in [-0.2, 0) is 14.4 Å². The Kier molecular flexibility index (Phi) is 6.62. The Balaban J connectivity index is 1.76. The van der Waals surface area contributed by atoms with E-state index in [1.54, 1.807) is 31.4 Å². The van der Waals surface area contributed by atoms with Gasteiger partial charge in [0, 0.05) is 0 Å². The van der Waals surface area contributed by atoms with Gasteiger partial charge in [0.25, 0.3) is 5.91 Å². The maximum Gasteiger partial charge on any atom is 0.307 e. The van der Waals surface area contributed by atoms with Crippen molar-refractivity contribution in [2.45, 2.75) is 25.7 Å². The van der Waals surface area contributed by atoms with E-state index < -0.39 is 29.6 Å². The minimum absolute atomic E-state index is 0.278. The highest BCUT2D eigenvalue weighted by molar-refractivity contribution is 5.87. The summed E-state index contributed by atoms with van der Waals surface area (Å²) in [6.07, 6.45) is 2.57. The van der Waals surface area contributed by atoms with Crippen LogP contribution >= 0.6 is 0 Å². The number of hydrogen-bond acceptors (Lipinski definition) is 5. The second-order valence-electron chi connectivity index (χ2n) is 5.84. The fourth-order valence-corrected chi connectivity index (χ4v) is 2.82. The van der Waals surface area contributed by atoms with E-state index in [9.17, 15) is 19.5 Å². The van der Waals surface area contributed by atoms with Crippen molar-refractivity contribution in [2.75, 3.05) is 13.7 Å². The zero-order valence-corrected chi connectivity index (χ0v) is 14.0. The van der Waals surface area contributed by atoms with Crippen LogP contribution < -0.4 is 20.3 Å². The van der Waals surface area contributed by atoms with E-state index in [-0.39, 0.29) is 6.61 Å². The Morgan fingerprint density at radius 1 is 1.04 bits per heavy atom. The number of benzene rings is 1. The summed E-state index contributed by atoms with van der Waals surface area (Å²) in [5.74, 6) is -2.17. The molecule has 1 aromatic rings. The van der Waals surface area contributed by atoms with Crippen LogP contribution in [0.5, 0.6) is 11.5 Å². The molecule has 0 spiro atoms. The molecular formula is C17H22N2O6. The van der Waals surface area contributed by atoms with Gasteiger partial charge in [0.2, 0.25) is 5.91 Å². The zero-order chi connectivity index (χ0) is 18.2. The number of aliphatic carboxylic acids is 1. The number of rotatable bonds is 6. The summed E-state index contributed by atoms with van der Waals surface area (Å²) in [7, 11) is 1.55. The number of carboxylic acid groups (broad SMARTS) is 1. The first-order valence-corrected chi connectivity index (χ1v) is 8.09. The smallest absolute Gasteiger partial charge is 0.307 e. The van der Waals surface area contributed by atoms with E-state index in [4.69, 9.17) is 9.47 Å². The van der Waals surface area contributed by atoms with E-state index in [1.807, 2.05) is 0 Å². The Morgan fingerprint density at radius 3 is 2.24 bits per heavy atom. The maximum absolute atomic E-state index is 12.1. The summed E-state index contributed by atoms with van der Waals surface area (Å²) in [5.41, 5.74) is 4.54. The molecule has 0 aliphatic heterocycles. The van der Waals surface area contributed by atoms with Crippen LogP contribution in [0.2, 0.25) is 0 Å². The molecule has 0 radical (unpaired) electrons. The van der Waals surface area contributed by atoms with Crippen molar-refractivity contribution in [1.29, 1.82) is 0 Å². The van der Waals surface area contributed by atoms with E-state index >= 15 is 0 Å². The molecule has 0 saturated heterocycles. The number of hydrazine groups is 1. The van der Waals surface area contributed by atoms with Crippen molar-refractivity contribution >= 4 is 17.8 Å². The van der Waals surface area contributed by atoms with Gasteiger partial charge in [0.1, 0.15) is 11.5 Å². The van der Waals surface area contributed by atoms with E-state index in [0.717, 1.165) is 12.8 Å². The van der Waals surface area contributed by atoms with Gasteiger partial charge in [-0.15, -0.1) is 0 Å². The third-order valence-electron chi connectivity index (χ3n) is 4.17. The molecule has 1 aromatic carbocycles. The Labute approximate surface area is 145 Å². The minimum Gasteiger partial charge on any atom is -0.497 e. The van der Waals surface area contributed by atoms with Crippen molar-refractivity contribution in [3.05, 3.63) is 24.3 Å². The van der Waals surface area contributed by atoms with Crippen molar-refractivity contribution in [2.24, 2.45) is 11.8 Å². The van der Waals surface area contributed by atoms with E-state index in [1.165, 1.54) is 0 Å². The van der Waals surface area contributed by atoms with Gasteiger partial charge in [-0.2, -0.15) is 0 Å². The average molecular weight is 350 g/mol. The lowest BCUT2D eigenvalue weighted by Gasteiger charge is -2.27. The van der Waals surface area contributed by atoms with Gasteiger partial charge < -0.3 is 14.6 Å². The summed E-state index contributed by atoms with van der Waals surface area (Å²) < 4.78 is 10.3. The van der Waals surface area contributed by atoms with Crippen LogP contribution in [0.4, 0.5) is 0 Å². The highest BCUT2D eigenvalue weighted by Gasteiger charge is 2.35. The quantitative estimate of drug-likeness (QED) is 0.662. The number of carbonyl (C=O) groups is 3. The Bertz CT molecular complexity index is 616. The van der Waals surface area contributed by atoms with E-state index in [2.05, 4.69) is 10.9 Å². The molecule has 136 valence electrons. The summed E-state index contributed by atoms with van der Waals surface area (Å²) in [6, 6.07) is 6.71. The monoisotopic (exact) mass is 350 g/mol. The standard InChI is InChI=1S/C17H22N2O6/c1-24-11-6-8-12(9-7-11)25-10-15(20)18-19-16(21)13-4-2-3-5-14(13)17(22)23/h6-9,13-14H,2-5,10H2,1H3,(H,18,20)(H,19,21)(H,22,23)/t13-,14-/m0/s1. The number of ether oxygens (including phenoxy) is 2. The molecule has 8 heteroatoms. The number of methoxy groups -OCH3 is 1. The van der Waals surface area contributed by atoms with Crippen LogP contribution in [0, 0.1) is 11.8 Å². The molecule has 1 fully saturated rings. The second-order valence-corrected chi connectivity index (χ2v) is 5.84. The lowest BCUT2D eigenvalue weighted by atomic mass is 9.79. The van der Waals surface area contributed by atoms with Crippen LogP contribution in [0.15, 0.2) is 24.3 Å². The van der Waals surface area contributed by atoms with Crippen molar-refractivity contribution in [3.63, 3.8) is 0 Å². The molecule has 8 nitrogen and oxygen atoms in total. The summed E-state index contributed by atoms with van der Waals surface area (Å²) in [5, 5.41) is 9.19. The van der Waals surface area contributed by atoms with Gasteiger partial charge in [0.05, 0.1) is 18.9 Å². The molecule has 0 heterocycles. The first kappa shape index (κ1) is 18.6. The first-order valence-electron chi connectivity index (χ1n) is 8.09. The van der Waals surface area contributed by atoms with Gasteiger partial charge in [-0.25, -0.2) is 0 Å². The van der Waals surface area contributed by atoms with Gasteiger partial charge in [-0.3, -0.25) is 25.2 Å². The molecule has 2 atom stereocenters. The van der Waals surface area contributed by atoms with Gasteiger partial charge in [-0.1, -0.05) is 12.8 Å².